The van der Waals surface area contributed by atoms with E-state index in [1.54, 1.807) is 0 Å². The van der Waals surface area contributed by atoms with Crippen LogP contribution in [-0.4, -0.2) is 19.4 Å². The largest absolute Gasteiger partial charge is 0.453 e. The van der Waals surface area contributed by atoms with E-state index in [1.165, 1.54) is 51.2 Å². The van der Waals surface area contributed by atoms with Crippen molar-refractivity contribution in [3.63, 3.8) is 0 Å². The first-order chi connectivity index (χ1) is 12.1. The molecule has 1 heterocycles. The van der Waals surface area contributed by atoms with Crippen molar-refractivity contribution in [1.29, 1.82) is 0 Å². The molecule has 1 saturated carbocycles. The fourth-order valence-electron chi connectivity index (χ4n) is 3.98. The van der Waals surface area contributed by atoms with E-state index >= 15 is 0 Å². The van der Waals surface area contributed by atoms with Gasteiger partial charge in [0.1, 0.15) is 11.9 Å². The minimum atomic E-state index is -0.416. The summed E-state index contributed by atoms with van der Waals surface area (Å²) in [6.45, 7) is 2.48. The van der Waals surface area contributed by atoms with Gasteiger partial charge in [0.2, 0.25) is 0 Å². The number of hydrogen-bond donors (Lipinski definition) is 3. The monoisotopic (exact) mass is 347 g/mol. The smallest absolute Gasteiger partial charge is 0.407 e. The molecule has 0 aromatic heterocycles. The molecule has 0 spiro atoms. The van der Waals surface area contributed by atoms with E-state index in [0.29, 0.717) is 12.5 Å². The van der Waals surface area contributed by atoms with E-state index in [0.717, 1.165) is 5.56 Å². The molecule has 6 heteroatoms. The molecule has 25 heavy (non-hydrogen) atoms. The van der Waals surface area contributed by atoms with Crippen molar-refractivity contribution in [2.45, 2.75) is 63.9 Å². The van der Waals surface area contributed by atoms with Gasteiger partial charge in [-0.1, -0.05) is 49.9 Å². The van der Waals surface area contributed by atoms with Crippen LogP contribution in [0.3, 0.4) is 0 Å². The molecule has 1 saturated heterocycles. The first kappa shape index (κ1) is 18.2. The van der Waals surface area contributed by atoms with Crippen LogP contribution in [0.4, 0.5) is 4.79 Å². The SMILES string of the molecule is COC(=O)NCc1ccc(C2(C3CCCCCC3)NOC(C)N2)cc1. The number of carbonyl (C=O) groups is 1. The Balaban J connectivity index is 1.78. The van der Waals surface area contributed by atoms with Gasteiger partial charge in [-0.3, -0.25) is 10.2 Å². The number of hydrogen-bond acceptors (Lipinski definition) is 5. The van der Waals surface area contributed by atoms with Gasteiger partial charge < -0.3 is 10.1 Å². The van der Waals surface area contributed by atoms with E-state index in [2.05, 4.69) is 45.1 Å². The zero-order valence-electron chi connectivity index (χ0n) is 15.1. The van der Waals surface area contributed by atoms with Crippen LogP contribution in [-0.2, 0) is 21.8 Å². The van der Waals surface area contributed by atoms with Gasteiger partial charge in [-0.25, -0.2) is 4.79 Å². The maximum atomic E-state index is 11.2. The fourth-order valence-corrected chi connectivity index (χ4v) is 3.98. The van der Waals surface area contributed by atoms with Gasteiger partial charge in [-0.2, -0.15) is 5.48 Å². The van der Waals surface area contributed by atoms with Crippen molar-refractivity contribution in [1.82, 2.24) is 16.1 Å². The van der Waals surface area contributed by atoms with Crippen LogP contribution in [0.2, 0.25) is 0 Å². The molecule has 2 fully saturated rings. The van der Waals surface area contributed by atoms with E-state index in [9.17, 15) is 4.79 Å². The van der Waals surface area contributed by atoms with Gasteiger partial charge >= 0.3 is 6.09 Å². The lowest BCUT2D eigenvalue weighted by molar-refractivity contribution is 0.00294. The molecular formula is C19H29N3O3. The highest BCUT2D eigenvalue weighted by Gasteiger charge is 2.45. The van der Waals surface area contributed by atoms with Crippen LogP contribution in [0.25, 0.3) is 0 Å². The highest BCUT2D eigenvalue weighted by atomic mass is 16.7. The third kappa shape index (κ3) is 4.14. The van der Waals surface area contributed by atoms with Gasteiger partial charge in [-0.15, -0.1) is 0 Å². The number of amides is 1. The summed E-state index contributed by atoms with van der Waals surface area (Å²) in [6, 6.07) is 8.35. The van der Waals surface area contributed by atoms with E-state index < -0.39 is 6.09 Å². The Morgan fingerprint density at radius 1 is 1.24 bits per heavy atom. The zero-order chi connectivity index (χ0) is 17.7. The molecule has 0 radical (unpaired) electrons. The number of benzene rings is 1. The second-order valence-electron chi connectivity index (χ2n) is 7.05. The van der Waals surface area contributed by atoms with Crippen molar-refractivity contribution in [2.24, 2.45) is 5.92 Å². The van der Waals surface area contributed by atoms with Crippen LogP contribution in [0.5, 0.6) is 0 Å². The van der Waals surface area contributed by atoms with Crippen molar-refractivity contribution < 1.29 is 14.4 Å². The molecule has 1 aliphatic carbocycles. The van der Waals surface area contributed by atoms with Crippen LogP contribution >= 0.6 is 0 Å². The number of hydroxylamine groups is 1. The Bertz CT molecular complexity index is 570. The van der Waals surface area contributed by atoms with Crippen LogP contribution < -0.4 is 16.1 Å². The number of ether oxygens (including phenoxy) is 1. The predicted octanol–water partition coefficient (Wildman–Crippen LogP) is 3.14. The second-order valence-corrected chi connectivity index (χ2v) is 7.05. The molecule has 1 aromatic carbocycles. The normalized spacial score (nSPS) is 27.7. The van der Waals surface area contributed by atoms with E-state index in [1.807, 2.05) is 6.92 Å². The van der Waals surface area contributed by atoms with Gasteiger partial charge in [0.05, 0.1) is 7.11 Å². The predicted molar refractivity (Wildman–Crippen MR) is 95.4 cm³/mol. The number of carbonyl (C=O) groups excluding carboxylic acids is 1. The molecule has 6 nitrogen and oxygen atoms in total. The van der Waals surface area contributed by atoms with Crippen molar-refractivity contribution in [3.05, 3.63) is 35.4 Å². The summed E-state index contributed by atoms with van der Waals surface area (Å²) in [7, 11) is 1.37. The van der Waals surface area contributed by atoms with Crippen molar-refractivity contribution in [2.75, 3.05) is 7.11 Å². The fraction of sp³-hybridized carbons (Fsp3) is 0.632. The molecule has 0 bridgehead atoms. The summed E-state index contributed by atoms with van der Waals surface area (Å²) < 4.78 is 4.61. The average molecular weight is 347 g/mol. The number of nitrogens with one attached hydrogen (secondary N) is 3. The molecule has 2 aliphatic rings. The summed E-state index contributed by atoms with van der Waals surface area (Å²) in [4.78, 5) is 16.9. The molecule has 1 aliphatic heterocycles. The molecule has 2 atom stereocenters. The Labute approximate surface area is 149 Å². The summed E-state index contributed by atoms with van der Waals surface area (Å²) in [5, 5.41) is 6.35. The molecule has 1 amide bonds. The maximum Gasteiger partial charge on any atom is 0.407 e. The summed E-state index contributed by atoms with van der Waals surface area (Å²) >= 11 is 0. The summed E-state index contributed by atoms with van der Waals surface area (Å²) in [6.07, 6.45) is 7.13. The van der Waals surface area contributed by atoms with E-state index in [4.69, 9.17) is 4.84 Å². The van der Waals surface area contributed by atoms with Crippen LogP contribution in [0, 0.1) is 5.92 Å². The van der Waals surface area contributed by atoms with Gasteiger partial charge in [0, 0.05) is 6.54 Å². The lowest BCUT2D eigenvalue weighted by atomic mass is 9.81. The molecule has 138 valence electrons. The maximum absolute atomic E-state index is 11.2. The average Bonchev–Trinajstić information content (AvgIpc) is 2.86. The lowest BCUT2D eigenvalue weighted by Crippen LogP contribution is -2.52. The van der Waals surface area contributed by atoms with Crippen LogP contribution in [0.1, 0.15) is 56.6 Å². The van der Waals surface area contributed by atoms with Gasteiger partial charge in [-0.05, 0) is 36.8 Å². The molecule has 1 aromatic rings. The first-order valence-electron chi connectivity index (χ1n) is 9.26. The minimum Gasteiger partial charge on any atom is -0.453 e. The second kappa shape index (κ2) is 8.17. The summed E-state index contributed by atoms with van der Waals surface area (Å²) in [5.41, 5.74) is 5.20. The first-order valence-corrected chi connectivity index (χ1v) is 9.26. The third-order valence-electron chi connectivity index (χ3n) is 5.33. The minimum absolute atomic E-state index is 0.0241. The molecule has 3 rings (SSSR count). The molecular weight excluding hydrogens is 318 g/mol. The highest BCUT2D eigenvalue weighted by Crippen LogP contribution is 2.39. The third-order valence-corrected chi connectivity index (χ3v) is 5.33. The highest BCUT2D eigenvalue weighted by molar-refractivity contribution is 5.66. The zero-order valence-corrected chi connectivity index (χ0v) is 15.1. The number of methoxy groups -OCH3 is 1. The summed E-state index contributed by atoms with van der Waals surface area (Å²) in [5.74, 6) is 0.499. The quantitative estimate of drug-likeness (QED) is 0.730. The van der Waals surface area contributed by atoms with Crippen LogP contribution in [0.15, 0.2) is 24.3 Å². The Kier molecular flexibility index (Phi) is 5.93. The topological polar surface area (TPSA) is 71.6 Å². The van der Waals surface area contributed by atoms with Gasteiger partial charge in [0.15, 0.2) is 0 Å². The standard InChI is InChI=1S/C19H29N3O3/c1-14-21-19(22-25-14,16-7-5-3-4-6-8-16)17-11-9-15(10-12-17)13-20-18(23)24-2/h9-12,14,16,21-22H,3-8,13H2,1-2H3,(H,20,23). The molecule has 2 unspecified atom stereocenters. The van der Waals surface area contributed by atoms with Crippen molar-refractivity contribution >= 4 is 6.09 Å². The van der Waals surface area contributed by atoms with E-state index in [-0.39, 0.29) is 11.9 Å². The van der Waals surface area contributed by atoms with Crippen molar-refractivity contribution in [3.8, 4) is 0 Å². The molecule has 3 N–H and O–H groups in total. The Morgan fingerprint density at radius 2 is 1.92 bits per heavy atom. The Hall–Kier alpha value is -1.63. The Morgan fingerprint density at radius 3 is 2.48 bits per heavy atom. The van der Waals surface area contributed by atoms with Gasteiger partial charge in [0.25, 0.3) is 0 Å². The number of rotatable bonds is 4. The number of alkyl carbamates (subject to hydrolysis) is 1. The lowest BCUT2D eigenvalue weighted by Gasteiger charge is -2.37.